The van der Waals surface area contributed by atoms with E-state index in [0.717, 1.165) is 0 Å². The Morgan fingerprint density at radius 3 is 2.20 bits per heavy atom. The van der Waals surface area contributed by atoms with E-state index in [1.54, 1.807) is 35.0 Å². The minimum absolute atomic E-state index is 0.0473. The second-order valence-electron chi connectivity index (χ2n) is 7.66. The van der Waals surface area contributed by atoms with E-state index >= 15 is 0 Å². The molecule has 0 bridgehead atoms. The van der Waals surface area contributed by atoms with Crippen LogP contribution >= 0.6 is 0 Å². The topological polar surface area (TPSA) is 105 Å². The van der Waals surface area contributed by atoms with Gasteiger partial charge in [0.1, 0.15) is 0 Å². The molecule has 1 aliphatic rings. The zero-order valence-corrected chi connectivity index (χ0v) is 17.7. The first-order valence-electron chi connectivity index (χ1n) is 9.99. The zero-order valence-electron chi connectivity index (χ0n) is 17.7. The van der Waals surface area contributed by atoms with Crippen molar-refractivity contribution in [3.63, 3.8) is 0 Å². The molecule has 30 heavy (non-hydrogen) atoms. The highest BCUT2D eigenvalue weighted by Crippen LogP contribution is 2.20. The summed E-state index contributed by atoms with van der Waals surface area (Å²) in [7, 11) is 1.58. The molecule has 0 saturated carbocycles. The number of fused-ring (bicyclic) bond motifs is 1. The van der Waals surface area contributed by atoms with Gasteiger partial charge in [0.25, 0.3) is 5.56 Å². The molecule has 0 aliphatic carbocycles. The van der Waals surface area contributed by atoms with Gasteiger partial charge in [-0.15, -0.1) is 0 Å². The lowest BCUT2D eigenvalue weighted by atomic mass is 10.0. The van der Waals surface area contributed by atoms with Crippen molar-refractivity contribution in [3.05, 3.63) is 40.3 Å². The lowest BCUT2D eigenvalue weighted by molar-refractivity contribution is -0.145. The van der Waals surface area contributed by atoms with Crippen LogP contribution < -0.4 is 10.9 Å². The molecular weight excluding hydrogens is 386 g/mol. The van der Waals surface area contributed by atoms with Crippen molar-refractivity contribution < 1.29 is 14.4 Å². The first-order valence-corrected chi connectivity index (χ1v) is 9.99. The number of benzene rings is 1. The molecule has 3 amide bonds. The van der Waals surface area contributed by atoms with E-state index in [0.29, 0.717) is 29.6 Å². The Bertz CT molecular complexity index is 1050. The number of hydrogen-bond donors (Lipinski definition) is 1. The van der Waals surface area contributed by atoms with Crippen LogP contribution in [0.5, 0.6) is 0 Å². The number of rotatable bonds is 4. The number of piperazine rings is 1. The quantitative estimate of drug-likeness (QED) is 0.763. The van der Waals surface area contributed by atoms with E-state index < -0.39 is 0 Å². The van der Waals surface area contributed by atoms with E-state index in [1.807, 2.05) is 19.9 Å². The Hall–Kier alpha value is -3.23. The molecule has 1 aromatic carbocycles. The highest BCUT2D eigenvalue weighted by atomic mass is 16.2. The average Bonchev–Trinajstić information content (AvgIpc) is 2.71. The molecule has 2 heterocycles. The molecule has 2 aromatic rings. The molecule has 1 saturated heterocycles. The van der Waals surface area contributed by atoms with Crippen molar-refractivity contribution >= 4 is 28.5 Å². The molecule has 1 aliphatic heterocycles. The molecule has 0 unspecified atom stereocenters. The lowest BCUT2D eigenvalue weighted by Crippen LogP contribution is -2.61. The number of amides is 3. The first-order chi connectivity index (χ1) is 14.2. The minimum atomic E-state index is -0.255. The molecule has 1 N–H and O–H groups in total. The van der Waals surface area contributed by atoms with Crippen LogP contribution in [0, 0.1) is 0 Å². The van der Waals surface area contributed by atoms with Crippen LogP contribution in [0.4, 0.5) is 0 Å². The summed E-state index contributed by atoms with van der Waals surface area (Å²) < 4.78 is 1.26. The third-order valence-corrected chi connectivity index (χ3v) is 5.74. The maximum atomic E-state index is 13.1. The van der Waals surface area contributed by atoms with Crippen LogP contribution in [0.25, 0.3) is 10.8 Å². The van der Waals surface area contributed by atoms with Gasteiger partial charge in [0.05, 0.1) is 24.0 Å². The molecule has 160 valence electrons. The summed E-state index contributed by atoms with van der Waals surface area (Å²) in [5, 5.41) is 8.05. The Morgan fingerprint density at radius 1 is 1.03 bits per heavy atom. The van der Waals surface area contributed by atoms with Gasteiger partial charge < -0.3 is 15.1 Å². The molecule has 1 aromatic heterocycles. The standard InChI is InChI=1S/C21H27N5O4/c1-13-14(2)26(20(29)12-22-15(3)27)10-9-25(13)19(28)11-18-16-7-5-6-8-17(16)21(30)24(4)23-18/h5-8,13-14H,9-12H2,1-4H3,(H,22,27)/t13-,14+/m0/s1. The molecular formula is C21H27N5O4. The Balaban J connectivity index is 1.75. The second kappa shape index (κ2) is 8.64. The maximum absolute atomic E-state index is 13.1. The predicted octanol–water partition coefficient (Wildman–Crippen LogP) is 0.0599. The van der Waals surface area contributed by atoms with Gasteiger partial charge in [-0.25, -0.2) is 4.68 Å². The number of hydrogen-bond acceptors (Lipinski definition) is 5. The fourth-order valence-electron chi connectivity index (χ4n) is 3.90. The van der Waals surface area contributed by atoms with E-state index in [-0.39, 0.29) is 48.3 Å². The maximum Gasteiger partial charge on any atom is 0.274 e. The number of aryl methyl sites for hydroxylation is 1. The highest BCUT2D eigenvalue weighted by Gasteiger charge is 2.35. The van der Waals surface area contributed by atoms with E-state index in [4.69, 9.17) is 0 Å². The van der Waals surface area contributed by atoms with Gasteiger partial charge in [-0.2, -0.15) is 5.10 Å². The Morgan fingerprint density at radius 2 is 1.60 bits per heavy atom. The number of aromatic nitrogens is 2. The molecule has 9 heteroatoms. The Labute approximate surface area is 174 Å². The molecule has 1 fully saturated rings. The molecule has 0 radical (unpaired) electrons. The van der Waals surface area contributed by atoms with Gasteiger partial charge in [-0.05, 0) is 19.9 Å². The summed E-state index contributed by atoms with van der Waals surface area (Å²) in [6, 6.07) is 6.77. The zero-order chi connectivity index (χ0) is 22.0. The molecule has 2 atom stereocenters. The van der Waals surface area contributed by atoms with E-state index in [9.17, 15) is 19.2 Å². The number of carbonyl (C=O) groups is 3. The monoisotopic (exact) mass is 413 g/mol. The largest absolute Gasteiger partial charge is 0.347 e. The summed E-state index contributed by atoms with van der Waals surface area (Å²) in [4.78, 5) is 52.3. The summed E-state index contributed by atoms with van der Waals surface area (Å²) in [5.74, 6) is -0.517. The van der Waals surface area contributed by atoms with Crippen molar-refractivity contribution in [3.8, 4) is 0 Å². The second-order valence-corrected chi connectivity index (χ2v) is 7.66. The SMILES string of the molecule is CC(=O)NCC(=O)N1CCN(C(=O)Cc2nn(C)c(=O)c3ccccc23)[C@@H](C)[C@H]1C. The van der Waals surface area contributed by atoms with Crippen LogP contribution in [0.2, 0.25) is 0 Å². The van der Waals surface area contributed by atoms with Crippen LogP contribution in [0.1, 0.15) is 26.5 Å². The number of carbonyl (C=O) groups excluding carboxylic acids is 3. The van der Waals surface area contributed by atoms with Crippen LogP contribution in [-0.4, -0.2) is 69.0 Å². The van der Waals surface area contributed by atoms with Crippen molar-refractivity contribution in [1.82, 2.24) is 24.9 Å². The molecule has 0 spiro atoms. The van der Waals surface area contributed by atoms with E-state index in [1.165, 1.54) is 11.6 Å². The first kappa shape index (κ1) is 21.5. The van der Waals surface area contributed by atoms with Gasteiger partial charge in [0.15, 0.2) is 0 Å². The van der Waals surface area contributed by atoms with Crippen LogP contribution in [-0.2, 0) is 27.9 Å². The normalized spacial score (nSPS) is 19.1. The van der Waals surface area contributed by atoms with Crippen molar-refractivity contribution in [1.29, 1.82) is 0 Å². The lowest BCUT2D eigenvalue weighted by Gasteiger charge is -2.45. The van der Waals surface area contributed by atoms with Crippen molar-refractivity contribution in [2.75, 3.05) is 19.6 Å². The summed E-state index contributed by atoms with van der Waals surface area (Å²) >= 11 is 0. The average molecular weight is 413 g/mol. The fraction of sp³-hybridized carbons (Fsp3) is 0.476. The summed E-state index contributed by atoms with van der Waals surface area (Å²) in [6.07, 6.45) is 0.0749. The fourth-order valence-corrected chi connectivity index (χ4v) is 3.90. The molecule has 3 rings (SSSR count). The molecule has 9 nitrogen and oxygen atoms in total. The number of nitrogens with zero attached hydrogens (tertiary/aromatic N) is 4. The van der Waals surface area contributed by atoms with E-state index in [2.05, 4.69) is 10.4 Å². The van der Waals surface area contributed by atoms with Gasteiger partial charge in [0, 0.05) is 44.5 Å². The van der Waals surface area contributed by atoms with Gasteiger partial charge >= 0.3 is 0 Å². The van der Waals surface area contributed by atoms with Gasteiger partial charge in [-0.1, -0.05) is 18.2 Å². The smallest absolute Gasteiger partial charge is 0.274 e. The summed E-state index contributed by atoms with van der Waals surface area (Å²) in [6.45, 7) is 5.93. The van der Waals surface area contributed by atoms with Crippen LogP contribution in [0.3, 0.4) is 0 Å². The van der Waals surface area contributed by atoms with Gasteiger partial charge in [-0.3, -0.25) is 19.2 Å². The van der Waals surface area contributed by atoms with Crippen molar-refractivity contribution in [2.24, 2.45) is 7.05 Å². The van der Waals surface area contributed by atoms with Crippen LogP contribution in [0.15, 0.2) is 29.1 Å². The highest BCUT2D eigenvalue weighted by molar-refractivity contribution is 5.89. The third-order valence-electron chi connectivity index (χ3n) is 5.74. The summed E-state index contributed by atoms with van der Waals surface area (Å²) in [5.41, 5.74) is 0.358. The minimum Gasteiger partial charge on any atom is -0.347 e. The number of nitrogens with one attached hydrogen (secondary N) is 1. The predicted molar refractivity (Wildman–Crippen MR) is 112 cm³/mol. The third kappa shape index (κ3) is 4.19. The van der Waals surface area contributed by atoms with Crippen molar-refractivity contribution in [2.45, 2.75) is 39.3 Å². The Kier molecular flexibility index (Phi) is 6.19. The van der Waals surface area contributed by atoms with Gasteiger partial charge in [0.2, 0.25) is 17.7 Å².